The number of aliphatic hydroxyl groups is 1. The maximum atomic E-state index is 11.5. The molecule has 2 aromatic heterocycles. The van der Waals surface area contributed by atoms with Gasteiger partial charge in [-0.25, -0.2) is 9.97 Å². The molecule has 4 nitrogen and oxygen atoms in total. The second-order valence-electron chi connectivity index (χ2n) is 6.68. The van der Waals surface area contributed by atoms with Crippen LogP contribution < -0.4 is 0 Å². The highest BCUT2D eigenvalue weighted by Crippen LogP contribution is 2.19. The second kappa shape index (κ2) is 14.5. The summed E-state index contributed by atoms with van der Waals surface area (Å²) < 4.78 is 0. The molecule has 0 saturated carbocycles. The van der Waals surface area contributed by atoms with Crippen LogP contribution in [0.2, 0.25) is 10.3 Å². The van der Waals surface area contributed by atoms with Crippen LogP contribution in [0.25, 0.3) is 0 Å². The minimum absolute atomic E-state index is 0.155. The van der Waals surface area contributed by atoms with E-state index >= 15 is 0 Å². The molecule has 0 unspecified atom stereocenters. The van der Waals surface area contributed by atoms with Gasteiger partial charge in [0.05, 0.1) is 6.10 Å². The van der Waals surface area contributed by atoms with Crippen molar-refractivity contribution in [1.29, 1.82) is 0 Å². The summed E-state index contributed by atoms with van der Waals surface area (Å²) in [6, 6.07) is 6.91. The zero-order chi connectivity index (χ0) is 20.8. The maximum Gasteiger partial charge on any atom is 0.164 e. The van der Waals surface area contributed by atoms with Gasteiger partial charge in [-0.2, -0.15) is 0 Å². The Labute approximate surface area is 178 Å². The van der Waals surface area contributed by atoms with Crippen molar-refractivity contribution in [1.82, 2.24) is 9.97 Å². The van der Waals surface area contributed by atoms with Crippen molar-refractivity contribution < 1.29 is 9.90 Å². The van der Waals surface area contributed by atoms with E-state index < -0.39 is 6.10 Å². The summed E-state index contributed by atoms with van der Waals surface area (Å²) in [5.41, 5.74) is 1.51. The SMILES string of the molecule is CCCCCC(=O)c1ccc(Cl)nc1.CCCCC[C@H](O)c1ccc(Cl)nc1. The molecule has 0 aliphatic rings. The number of nitrogens with zero attached hydrogens (tertiary/aromatic N) is 2. The number of halogens is 2. The molecule has 154 valence electrons. The van der Waals surface area contributed by atoms with Gasteiger partial charge in [-0.15, -0.1) is 0 Å². The standard InChI is InChI=1S/C11H16ClNO.C11H14ClNO/c2*1-2-3-4-5-10(14)9-6-7-11(12)13-8-9/h6-8,10,14H,2-5H2,1H3;6-8H,2-5H2,1H3/t10-;/m0./s1. The van der Waals surface area contributed by atoms with E-state index in [1.165, 1.54) is 12.6 Å². The lowest BCUT2D eigenvalue weighted by atomic mass is 10.1. The first-order valence-corrected chi connectivity index (χ1v) is 10.7. The Hall–Kier alpha value is -1.49. The van der Waals surface area contributed by atoms with Gasteiger partial charge in [0.25, 0.3) is 0 Å². The van der Waals surface area contributed by atoms with Crippen LogP contribution in [-0.4, -0.2) is 20.9 Å². The molecule has 1 atom stereocenters. The lowest BCUT2D eigenvalue weighted by Gasteiger charge is -2.09. The normalized spacial score (nSPS) is 11.5. The Morgan fingerprint density at radius 3 is 2.07 bits per heavy atom. The van der Waals surface area contributed by atoms with E-state index in [1.807, 2.05) is 6.07 Å². The Kier molecular flexibility index (Phi) is 12.7. The van der Waals surface area contributed by atoms with Crippen LogP contribution in [0.4, 0.5) is 0 Å². The number of ketones is 1. The third kappa shape index (κ3) is 10.2. The fourth-order valence-corrected chi connectivity index (χ4v) is 2.78. The zero-order valence-electron chi connectivity index (χ0n) is 16.7. The topological polar surface area (TPSA) is 63.1 Å². The molecule has 2 heterocycles. The molecule has 0 aliphatic carbocycles. The van der Waals surface area contributed by atoms with Crippen molar-refractivity contribution in [3.8, 4) is 0 Å². The summed E-state index contributed by atoms with van der Waals surface area (Å²) in [4.78, 5) is 19.4. The summed E-state index contributed by atoms with van der Waals surface area (Å²) >= 11 is 11.3. The molecular weight excluding hydrogens is 395 g/mol. The fraction of sp³-hybridized carbons (Fsp3) is 0.500. The molecule has 2 aromatic rings. The van der Waals surface area contributed by atoms with Crippen molar-refractivity contribution >= 4 is 29.0 Å². The third-order valence-electron chi connectivity index (χ3n) is 4.27. The molecule has 1 N–H and O–H groups in total. The molecule has 0 fully saturated rings. The number of Topliss-reactive ketones (excluding diaryl/α,β-unsaturated/α-hetero) is 1. The highest BCUT2D eigenvalue weighted by Gasteiger charge is 2.07. The van der Waals surface area contributed by atoms with Crippen LogP contribution in [0.3, 0.4) is 0 Å². The van der Waals surface area contributed by atoms with Crippen molar-refractivity contribution in [2.45, 2.75) is 71.3 Å². The Balaban J connectivity index is 0.000000280. The van der Waals surface area contributed by atoms with Crippen LogP contribution >= 0.6 is 23.2 Å². The van der Waals surface area contributed by atoms with Crippen LogP contribution in [0, 0.1) is 0 Å². The number of aromatic nitrogens is 2. The second-order valence-corrected chi connectivity index (χ2v) is 7.45. The maximum absolute atomic E-state index is 11.5. The summed E-state index contributed by atoms with van der Waals surface area (Å²) in [7, 11) is 0. The van der Waals surface area contributed by atoms with Gasteiger partial charge in [-0.1, -0.05) is 75.2 Å². The smallest absolute Gasteiger partial charge is 0.164 e. The monoisotopic (exact) mass is 424 g/mol. The number of rotatable bonds is 10. The summed E-state index contributed by atoms with van der Waals surface area (Å²) in [6.45, 7) is 4.27. The fourth-order valence-electron chi connectivity index (χ4n) is 2.56. The summed E-state index contributed by atoms with van der Waals surface area (Å²) in [5, 5.41) is 10.6. The molecule has 0 spiro atoms. The minimum Gasteiger partial charge on any atom is -0.388 e. The Morgan fingerprint density at radius 1 is 0.929 bits per heavy atom. The van der Waals surface area contributed by atoms with Crippen LogP contribution in [0.1, 0.15) is 87.2 Å². The van der Waals surface area contributed by atoms with Gasteiger partial charge >= 0.3 is 0 Å². The van der Waals surface area contributed by atoms with Gasteiger partial charge in [-0.05, 0) is 36.6 Å². The number of aliphatic hydroxyl groups excluding tert-OH is 1. The molecule has 0 bridgehead atoms. The lowest BCUT2D eigenvalue weighted by Crippen LogP contribution is -1.99. The van der Waals surface area contributed by atoms with Gasteiger partial charge in [-0.3, -0.25) is 4.79 Å². The predicted octanol–water partition coefficient (Wildman–Crippen LogP) is 6.85. The lowest BCUT2D eigenvalue weighted by molar-refractivity contribution is 0.0979. The van der Waals surface area contributed by atoms with Crippen molar-refractivity contribution in [3.05, 3.63) is 58.1 Å². The van der Waals surface area contributed by atoms with E-state index in [-0.39, 0.29) is 5.78 Å². The van der Waals surface area contributed by atoms with Crippen molar-refractivity contribution in [3.63, 3.8) is 0 Å². The third-order valence-corrected chi connectivity index (χ3v) is 4.72. The van der Waals surface area contributed by atoms with E-state index in [9.17, 15) is 9.90 Å². The van der Waals surface area contributed by atoms with Gasteiger partial charge in [0.1, 0.15) is 10.3 Å². The molecule has 0 aromatic carbocycles. The van der Waals surface area contributed by atoms with E-state index in [1.54, 1.807) is 24.4 Å². The zero-order valence-corrected chi connectivity index (χ0v) is 18.2. The summed E-state index contributed by atoms with van der Waals surface area (Å²) in [6.07, 6.45) is 10.8. The number of hydrogen-bond donors (Lipinski definition) is 1. The molecule has 2 rings (SSSR count). The molecule has 0 aliphatic heterocycles. The highest BCUT2D eigenvalue weighted by atomic mass is 35.5. The van der Waals surface area contributed by atoms with Crippen molar-refractivity contribution in [2.24, 2.45) is 0 Å². The Morgan fingerprint density at radius 2 is 1.54 bits per heavy atom. The minimum atomic E-state index is -0.397. The first kappa shape index (κ1) is 24.5. The van der Waals surface area contributed by atoms with Gasteiger partial charge < -0.3 is 5.11 Å². The Bertz CT molecular complexity index is 676. The molecule has 0 radical (unpaired) electrons. The highest BCUT2D eigenvalue weighted by molar-refractivity contribution is 6.29. The molecule has 28 heavy (non-hydrogen) atoms. The van der Waals surface area contributed by atoms with E-state index in [0.29, 0.717) is 22.3 Å². The molecule has 6 heteroatoms. The first-order valence-electron chi connectivity index (χ1n) is 9.92. The van der Waals surface area contributed by atoms with Crippen LogP contribution in [-0.2, 0) is 0 Å². The number of unbranched alkanes of at least 4 members (excludes halogenated alkanes) is 4. The quantitative estimate of drug-likeness (QED) is 0.257. The number of pyridine rings is 2. The van der Waals surface area contributed by atoms with Gasteiger partial charge in [0.15, 0.2) is 5.78 Å². The number of carbonyl (C=O) groups excluding carboxylic acids is 1. The molecular formula is C22H30Cl2N2O2. The van der Waals surface area contributed by atoms with Gasteiger partial charge in [0.2, 0.25) is 0 Å². The first-order chi connectivity index (χ1) is 13.5. The van der Waals surface area contributed by atoms with Gasteiger partial charge in [0, 0.05) is 24.4 Å². The largest absolute Gasteiger partial charge is 0.388 e. The number of hydrogen-bond acceptors (Lipinski definition) is 4. The predicted molar refractivity (Wildman–Crippen MR) is 116 cm³/mol. The summed E-state index contributed by atoms with van der Waals surface area (Å²) in [5.74, 6) is 0.155. The molecule has 0 amide bonds. The van der Waals surface area contributed by atoms with Crippen molar-refractivity contribution in [2.75, 3.05) is 0 Å². The molecule has 0 saturated heterocycles. The average Bonchev–Trinajstić information content (AvgIpc) is 2.70. The van der Waals surface area contributed by atoms with E-state index in [2.05, 4.69) is 23.8 Å². The van der Waals surface area contributed by atoms with Crippen LogP contribution in [0.15, 0.2) is 36.7 Å². The van der Waals surface area contributed by atoms with Crippen LogP contribution in [0.5, 0.6) is 0 Å². The number of carbonyl (C=O) groups is 1. The average molecular weight is 425 g/mol. The van der Waals surface area contributed by atoms with E-state index in [0.717, 1.165) is 44.1 Å². The van der Waals surface area contributed by atoms with E-state index in [4.69, 9.17) is 23.2 Å².